The zero-order valence-corrected chi connectivity index (χ0v) is 16.8. The van der Waals surface area contributed by atoms with Crippen LogP contribution < -0.4 is 11.1 Å². The third-order valence-corrected chi connectivity index (χ3v) is 3.79. The van der Waals surface area contributed by atoms with Crippen molar-refractivity contribution in [3.63, 3.8) is 0 Å². The molecule has 0 saturated heterocycles. The fraction of sp³-hybridized carbons (Fsp3) is 0.368. The van der Waals surface area contributed by atoms with E-state index >= 15 is 0 Å². The van der Waals surface area contributed by atoms with Crippen LogP contribution in [0.15, 0.2) is 59.7 Å². The Morgan fingerprint density at radius 1 is 1.20 bits per heavy atom. The quantitative estimate of drug-likeness (QED) is 0.326. The van der Waals surface area contributed by atoms with Crippen LogP contribution in [0.4, 0.5) is 0 Å². The first-order chi connectivity index (χ1) is 11.6. The molecule has 25 heavy (non-hydrogen) atoms. The molecule has 0 amide bonds. The van der Waals surface area contributed by atoms with Gasteiger partial charge in [-0.25, -0.2) is 0 Å². The van der Waals surface area contributed by atoms with Crippen LogP contribution in [0.3, 0.4) is 0 Å². The van der Waals surface area contributed by atoms with E-state index in [0.717, 1.165) is 12.1 Å². The molecule has 1 aromatic heterocycles. The molecule has 136 valence electrons. The van der Waals surface area contributed by atoms with E-state index in [4.69, 9.17) is 5.73 Å². The second-order valence-electron chi connectivity index (χ2n) is 5.92. The van der Waals surface area contributed by atoms with Crippen LogP contribution in [-0.2, 0) is 6.42 Å². The first-order valence-electron chi connectivity index (χ1n) is 8.32. The van der Waals surface area contributed by atoms with Crippen molar-refractivity contribution in [1.29, 1.82) is 0 Å². The van der Waals surface area contributed by atoms with Gasteiger partial charge in [-0.3, -0.25) is 9.98 Å². The van der Waals surface area contributed by atoms with Gasteiger partial charge in [0.05, 0.1) is 6.10 Å². The number of hydrogen-bond acceptors (Lipinski definition) is 3. The highest BCUT2D eigenvalue weighted by molar-refractivity contribution is 14.0. The number of hydrogen-bond donors (Lipinski definition) is 3. The minimum absolute atomic E-state index is 0. The van der Waals surface area contributed by atoms with Gasteiger partial charge < -0.3 is 16.2 Å². The van der Waals surface area contributed by atoms with Gasteiger partial charge in [0.15, 0.2) is 5.96 Å². The Kier molecular flexibility index (Phi) is 10.1. The largest absolute Gasteiger partial charge is 0.393 e. The first kappa shape index (κ1) is 21.4. The molecule has 2 unspecified atom stereocenters. The number of nitrogens with two attached hydrogens (primary N) is 1. The van der Waals surface area contributed by atoms with E-state index in [2.05, 4.69) is 27.4 Å². The molecule has 0 aliphatic heterocycles. The van der Waals surface area contributed by atoms with Gasteiger partial charge in [-0.05, 0) is 31.0 Å². The van der Waals surface area contributed by atoms with E-state index in [9.17, 15) is 5.11 Å². The van der Waals surface area contributed by atoms with Gasteiger partial charge in [0.1, 0.15) is 0 Å². The zero-order chi connectivity index (χ0) is 17.2. The summed E-state index contributed by atoms with van der Waals surface area (Å²) in [5.41, 5.74) is 8.14. The Morgan fingerprint density at radius 3 is 2.56 bits per heavy atom. The smallest absolute Gasteiger partial charge is 0.188 e. The minimum Gasteiger partial charge on any atom is -0.393 e. The van der Waals surface area contributed by atoms with E-state index < -0.39 is 0 Å². The van der Waals surface area contributed by atoms with Crippen molar-refractivity contribution < 1.29 is 5.11 Å². The number of benzene rings is 1. The Balaban J connectivity index is 0.00000312. The predicted molar refractivity (Wildman–Crippen MR) is 113 cm³/mol. The lowest BCUT2D eigenvalue weighted by Crippen LogP contribution is -2.33. The summed E-state index contributed by atoms with van der Waals surface area (Å²) in [5.74, 6) is 0.583. The fourth-order valence-electron chi connectivity index (χ4n) is 2.58. The Bertz CT molecular complexity index is 620. The van der Waals surface area contributed by atoms with Gasteiger partial charge in [0.2, 0.25) is 0 Å². The molecule has 0 aliphatic rings. The lowest BCUT2D eigenvalue weighted by atomic mass is 9.93. The molecule has 4 N–H and O–H groups in total. The number of guanidine groups is 1. The summed E-state index contributed by atoms with van der Waals surface area (Å²) >= 11 is 0. The van der Waals surface area contributed by atoms with Gasteiger partial charge in [0.25, 0.3) is 0 Å². The summed E-state index contributed by atoms with van der Waals surface area (Å²) in [6.45, 7) is 3.05. The van der Waals surface area contributed by atoms with E-state index in [-0.39, 0.29) is 36.0 Å². The molecule has 1 aromatic carbocycles. The Labute approximate surface area is 166 Å². The van der Waals surface area contributed by atoms with Crippen molar-refractivity contribution in [1.82, 2.24) is 10.3 Å². The van der Waals surface area contributed by atoms with E-state index in [1.165, 1.54) is 5.56 Å². The summed E-state index contributed by atoms with van der Waals surface area (Å²) in [6.07, 6.45) is 2.87. The van der Waals surface area contributed by atoms with E-state index in [0.29, 0.717) is 25.5 Å². The zero-order valence-electron chi connectivity index (χ0n) is 14.5. The lowest BCUT2D eigenvalue weighted by Gasteiger charge is -2.17. The Hall–Kier alpha value is -1.67. The van der Waals surface area contributed by atoms with Crippen molar-refractivity contribution in [2.75, 3.05) is 13.1 Å². The maximum absolute atomic E-state index is 9.71. The maximum Gasteiger partial charge on any atom is 0.188 e. The van der Waals surface area contributed by atoms with E-state index in [1.807, 2.05) is 36.4 Å². The maximum atomic E-state index is 9.71. The number of halogens is 1. The number of aliphatic imine (C=N–C) groups is 1. The minimum atomic E-state index is -0.372. The third kappa shape index (κ3) is 8.31. The number of rotatable bonds is 8. The van der Waals surface area contributed by atoms with Crippen molar-refractivity contribution in [3.8, 4) is 0 Å². The van der Waals surface area contributed by atoms with Crippen LogP contribution in [0.2, 0.25) is 0 Å². The van der Waals surface area contributed by atoms with Crippen LogP contribution in [0.5, 0.6) is 0 Å². The molecule has 2 aromatic rings. The number of aliphatic hydroxyl groups excluding tert-OH is 1. The van der Waals surface area contributed by atoms with Gasteiger partial charge in [0, 0.05) is 37.3 Å². The molecular weight excluding hydrogens is 427 g/mol. The number of nitrogens with zero attached hydrogens (tertiary/aromatic N) is 2. The van der Waals surface area contributed by atoms with Crippen LogP contribution in [0.25, 0.3) is 0 Å². The van der Waals surface area contributed by atoms with Crippen molar-refractivity contribution in [3.05, 3.63) is 66.0 Å². The molecule has 0 saturated carbocycles. The third-order valence-electron chi connectivity index (χ3n) is 3.79. The summed E-state index contributed by atoms with van der Waals surface area (Å²) in [7, 11) is 0. The molecule has 0 bridgehead atoms. The topological polar surface area (TPSA) is 83.5 Å². The summed E-state index contributed by atoms with van der Waals surface area (Å²) in [4.78, 5) is 8.71. The first-order valence-corrected chi connectivity index (χ1v) is 8.32. The van der Waals surface area contributed by atoms with Crippen molar-refractivity contribution >= 4 is 29.9 Å². The summed E-state index contributed by atoms with van der Waals surface area (Å²) < 4.78 is 0. The highest BCUT2D eigenvalue weighted by atomic mass is 127. The van der Waals surface area contributed by atoms with Gasteiger partial charge in [-0.1, -0.05) is 36.4 Å². The average molecular weight is 454 g/mol. The summed E-state index contributed by atoms with van der Waals surface area (Å²) in [6, 6.07) is 16.0. The highest BCUT2D eigenvalue weighted by Gasteiger charge is 2.13. The van der Waals surface area contributed by atoms with Crippen LogP contribution in [-0.4, -0.2) is 35.2 Å². The number of nitrogens with one attached hydrogen (secondary N) is 1. The molecule has 2 atom stereocenters. The average Bonchev–Trinajstić information content (AvgIpc) is 2.60. The predicted octanol–water partition coefficient (Wildman–Crippen LogP) is 2.70. The molecule has 0 fully saturated rings. The molecule has 6 heteroatoms. The molecule has 1 heterocycles. The SMILES string of the molecule is CC(O)CC(CN=C(N)NCCc1ccccn1)c1ccccc1.I. The second kappa shape index (κ2) is 11.8. The van der Waals surface area contributed by atoms with Gasteiger partial charge >= 0.3 is 0 Å². The fourth-order valence-corrected chi connectivity index (χ4v) is 2.58. The molecule has 0 radical (unpaired) electrons. The van der Waals surface area contributed by atoms with Gasteiger partial charge in [-0.2, -0.15) is 0 Å². The molecule has 2 rings (SSSR count). The van der Waals surface area contributed by atoms with Gasteiger partial charge in [-0.15, -0.1) is 24.0 Å². The highest BCUT2D eigenvalue weighted by Crippen LogP contribution is 2.21. The summed E-state index contributed by atoms with van der Waals surface area (Å²) in [5, 5.41) is 12.8. The number of aromatic nitrogens is 1. The normalized spacial score (nSPS) is 13.6. The molecular formula is C19H27IN4O. The Morgan fingerprint density at radius 2 is 1.92 bits per heavy atom. The monoisotopic (exact) mass is 454 g/mol. The number of pyridine rings is 1. The van der Waals surface area contributed by atoms with Crippen molar-refractivity contribution in [2.45, 2.75) is 31.8 Å². The molecule has 0 spiro atoms. The van der Waals surface area contributed by atoms with Crippen LogP contribution in [0.1, 0.15) is 30.5 Å². The van der Waals surface area contributed by atoms with Crippen molar-refractivity contribution in [2.24, 2.45) is 10.7 Å². The van der Waals surface area contributed by atoms with Crippen LogP contribution in [0, 0.1) is 0 Å². The van der Waals surface area contributed by atoms with E-state index in [1.54, 1.807) is 13.1 Å². The second-order valence-corrected chi connectivity index (χ2v) is 5.92. The van der Waals surface area contributed by atoms with Crippen LogP contribution >= 0.6 is 24.0 Å². The molecule has 5 nitrogen and oxygen atoms in total. The lowest BCUT2D eigenvalue weighted by molar-refractivity contribution is 0.175. The standard InChI is InChI=1S/C19H26N4O.HI/c1-15(24)13-17(16-7-3-2-4-8-16)14-23-19(20)22-12-10-18-9-5-6-11-21-18;/h2-9,11,15,17,24H,10,12-14H2,1H3,(H3,20,22,23);1H. The number of aliphatic hydroxyl groups is 1. The molecule has 0 aliphatic carbocycles.